The Bertz CT molecular complexity index is 1240. The normalized spacial score (nSPS) is 12.6. The van der Waals surface area contributed by atoms with Gasteiger partial charge in [0.25, 0.3) is 5.91 Å². The van der Waals surface area contributed by atoms with Crippen molar-refractivity contribution in [3.8, 4) is 0 Å². The number of halogens is 3. The first-order chi connectivity index (χ1) is 15.1. The van der Waals surface area contributed by atoms with E-state index >= 15 is 0 Å². The van der Waals surface area contributed by atoms with Gasteiger partial charge in [0.2, 0.25) is 10.0 Å². The molecule has 0 saturated carbocycles. The molecule has 0 aliphatic rings. The van der Waals surface area contributed by atoms with Gasteiger partial charge in [-0.1, -0.05) is 48.0 Å². The van der Waals surface area contributed by atoms with E-state index in [-0.39, 0.29) is 27.6 Å². The van der Waals surface area contributed by atoms with E-state index in [1.165, 1.54) is 42.5 Å². The van der Waals surface area contributed by atoms with Crippen LogP contribution in [0.4, 0.5) is 8.78 Å². The third-order valence-corrected chi connectivity index (χ3v) is 7.04. The molecule has 0 spiro atoms. The summed E-state index contributed by atoms with van der Waals surface area (Å²) >= 11 is 6.14. The summed E-state index contributed by atoms with van der Waals surface area (Å²) in [6.07, 6.45) is 0. The van der Waals surface area contributed by atoms with Crippen LogP contribution in [0.2, 0.25) is 5.02 Å². The number of hydrogen-bond acceptors (Lipinski definition) is 3. The molecule has 0 aliphatic heterocycles. The predicted octanol–water partition coefficient (Wildman–Crippen LogP) is 4.93. The van der Waals surface area contributed by atoms with E-state index in [9.17, 15) is 22.0 Å². The molecule has 1 atom stereocenters. The largest absolute Gasteiger partial charge is 0.345 e. The molecule has 0 radical (unpaired) electrons. The van der Waals surface area contributed by atoms with Crippen LogP contribution in [-0.2, 0) is 16.6 Å². The summed E-state index contributed by atoms with van der Waals surface area (Å²) in [5.41, 5.74) is 0.818. The van der Waals surface area contributed by atoms with Crippen LogP contribution in [0.1, 0.15) is 34.5 Å². The Morgan fingerprint density at radius 3 is 2.41 bits per heavy atom. The minimum Gasteiger partial charge on any atom is -0.345 e. The van der Waals surface area contributed by atoms with Crippen molar-refractivity contribution in [1.29, 1.82) is 0 Å². The number of nitrogens with one attached hydrogen (secondary N) is 1. The Labute approximate surface area is 190 Å². The molecule has 1 amide bonds. The van der Waals surface area contributed by atoms with Crippen LogP contribution in [0.3, 0.4) is 0 Å². The second-order valence-electron chi connectivity index (χ2n) is 7.25. The lowest BCUT2D eigenvalue weighted by atomic mass is 10.1. The van der Waals surface area contributed by atoms with Crippen LogP contribution in [0, 0.1) is 11.6 Å². The molecule has 0 bridgehead atoms. The highest BCUT2D eigenvalue weighted by molar-refractivity contribution is 7.89. The molecule has 3 rings (SSSR count). The van der Waals surface area contributed by atoms with E-state index in [4.69, 9.17) is 11.6 Å². The third kappa shape index (κ3) is 5.32. The molecule has 0 aliphatic carbocycles. The topological polar surface area (TPSA) is 66.5 Å². The highest BCUT2D eigenvalue weighted by atomic mass is 35.5. The molecule has 0 fully saturated rings. The van der Waals surface area contributed by atoms with Gasteiger partial charge < -0.3 is 5.32 Å². The van der Waals surface area contributed by atoms with Gasteiger partial charge in [-0.3, -0.25) is 4.79 Å². The Hall–Kier alpha value is -2.81. The zero-order chi connectivity index (χ0) is 23.5. The minimum atomic E-state index is -3.91. The lowest BCUT2D eigenvalue weighted by Crippen LogP contribution is -2.29. The first-order valence-corrected chi connectivity index (χ1v) is 11.5. The van der Waals surface area contributed by atoms with Crippen molar-refractivity contribution in [2.45, 2.75) is 24.4 Å². The quantitative estimate of drug-likeness (QED) is 0.523. The Morgan fingerprint density at radius 2 is 1.75 bits per heavy atom. The van der Waals surface area contributed by atoms with Gasteiger partial charge >= 0.3 is 0 Å². The molecule has 5 nitrogen and oxygen atoms in total. The highest BCUT2D eigenvalue weighted by Gasteiger charge is 2.24. The number of hydrogen-bond donors (Lipinski definition) is 1. The maximum absolute atomic E-state index is 14.0. The molecule has 1 unspecified atom stereocenters. The summed E-state index contributed by atoms with van der Waals surface area (Å²) in [4.78, 5) is 12.7. The number of benzene rings is 3. The van der Waals surface area contributed by atoms with Gasteiger partial charge in [0.1, 0.15) is 11.6 Å². The number of nitrogens with zero attached hydrogens (tertiary/aromatic N) is 1. The van der Waals surface area contributed by atoms with E-state index in [0.717, 1.165) is 17.7 Å². The number of amides is 1. The van der Waals surface area contributed by atoms with Gasteiger partial charge in [0, 0.05) is 25.2 Å². The molecular weight excluding hydrogens is 458 g/mol. The van der Waals surface area contributed by atoms with E-state index < -0.39 is 33.6 Å². The van der Waals surface area contributed by atoms with Gasteiger partial charge in [-0.2, -0.15) is 4.31 Å². The number of carbonyl (C=O) groups excluding carboxylic acids is 1. The fourth-order valence-electron chi connectivity index (χ4n) is 3.15. The van der Waals surface area contributed by atoms with Gasteiger partial charge in [-0.15, -0.1) is 0 Å². The van der Waals surface area contributed by atoms with Crippen molar-refractivity contribution < 1.29 is 22.0 Å². The van der Waals surface area contributed by atoms with Crippen molar-refractivity contribution in [2.24, 2.45) is 0 Å². The highest BCUT2D eigenvalue weighted by Crippen LogP contribution is 2.25. The van der Waals surface area contributed by atoms with Crippen LogP contribution in [0.5, 0.6) is 0 Å². The fourth-order valence-corrected chi connectivity index (χ4v) is 4.54. The molecule has 3 aromatic carbocycles. The SMILES string of the molecule is CC(NC(=O)c1cc(S(=O)(=O)N(C)Cc2ccccc2)ccc1Cl)c1ccc(F)cc1F. The molecule has 0 aromatic heterocycles. The van der Waals surface area contributed by atoms with Crippen LogP contribution >= 0.6 is 11.6 Å². The lowest BCUT2D eigenvalue weighted by Gasteiger charge is -2.19. The lowest BCUT2D eigenvalue weighted by molar-refractivity contribution is 0.0939. The molecule has 3 aromatic rings. The maximum Gasteiger partial charge on any atom is 0.253 e. The molecule has 1 N–H and O–H groups in total. The van der Waals surface area contributed by atoms with Crippen molar-refractivity contribution >= 4 is 27.5 Å². The summed E-state index contributed by atoms with van der Waals surface area (Å²) in [7, 11) is -2.47. The number of carbonyl (C=O) groups is 1. The molecule has 0 heterocycles. The van der Waals surface area contributed by atoms with E-state index in [1.807, 2.05) is 30.3 Å². The van der Waals surface area contributed by atoms with E-state index in [0.29, 0.717) is 0 Å². The smallest absolute Gasteiger partial charge is 0.253 e. The predicted molar refractivity (Wildman–Crippen MR) is 119 cm³/mol. The number of sulfonamides is 1. The van der Waals surface area contributed by atoms with Gasteiger partial charge in [0.05, 0.1) is 21.5 Å². The molecular formula is C23H21ClF2N2O3S. The van der Waals surface area contributed by atoms with Crippen molar-refractivity contribution in [2.75, 3.05) is 7.05 Å². The zero-order valence-electron chi connectivity index (χ0n) is 17.3. The van der Waals surface area contributed by atoms with Crippen LogP contribution in [-0.4, -0.2) is 25.7 Å². The van der Waals surface area contributed by atoms with Crippen LogP contribution in [0.25, 0.3) is 0 Å². The fraction of sp³-hybridized carbons (Fsp3) is 0.174. The summed E-state index contributed by atoms with van der Waals surface area (Å²) in [5, 5.41) is 2.61. The van der Waals surface area contributed by atoms with E-state index in [1.54, 1.807) is 0 Å². The Kier molecular flexibility index (Phi) is 7.28. The van der Waals surface area contributed by atoms with Gasteiger partial charge in [-0.25, -0.2) is 17.2 Å². The van der Waals surface area contributed by atoms with Gasteiger partial charge in [0.15, 0.2) is 0 Å². The zero-order valence-corrected chi connectivity index (χ0v) is 18.9. The standard InChI is InChI=1S/C23H21ClF2N2O3S/c1-15(19-10-8-17(25)12-22(19)26)27-23(29)20-13-18(9-11-21(20)24)32(30,31)28(2)14-16-6-4-3-5-7-16/h3-13,15H,14H2,1-2H3,(H,27,29). The van der Waals surface area contributed by atoms with Crippen molar-refractivity contribution in [3.63, 3.8) is 0 Å². The van der Waals surface area contributed by atoms with Crippen LogP contribution < -0.4 is 5.32 Å². The average Bonchev–Trinajstić information content (AvgIpc) is 2.74. The summed E-state index contributed by atoms with van der Waals surface area (Å²) in [6.45, 7) is 1.67. The third-order valence-electron chi connectivity index (χ3n) is 4.92. The Morgan fingerprint density at radius 1 is 1.06 bits per heavy atom. The summed E-state index contributed by atoms with van der Waals surface area (Å²) in [5.74, 6) is -2.22. The monoisotopic (exact) mass is 478 g/mol. The second kappa shape index (κ2) is 9.77. The van der Waals surface area contributed by atoms with Crippen molar-refractivity contribution in [3.05, 3.63) is 100 Å². The van der Waals surface area contributed by atoms with E-state index in [2.05, 4.69) is 5.32 Å². The molecule has 0 saturated heterocycles. The second-order valence-corrected chi connectivity index (χ2v) is 9.70. The van der Waals surface area contributed by atoms with Gasteiger partial charge in [-0.05, 0) is 36.8 Å². The molecule has 32 heavy (non-hydrogen) atoms. The molecule has 9 heteroatoms. The maximum atomic E-state index is 14.0. The summed E-state index contributed by atoms with van der Waals surface area (Å²) in [6, 6.07) is 15.1. The van der Waals surface area contributed by atoms with Crippen LogP contribution in [0.15, 0.2) is 71.6 Å². The molecule has 168 valence electrons. The Balaban J connectivity index is 1.83. The van der Waals surface area contributed by atoms with Crippen molar-refractivity contribution in [1.82, 2.24) is 9.62 Å². The first-order valence-electron chi connectivity index (χ1n) is 9.65. The summed E-state index contributed by atoms with van der Waals surface area (Å²) < 4.78 is 54.4. The minimum absolute atomic E-state index is 0.0407. The average molecular weight is 479 g/mol. The first kappa shape index (κ1) is 23.8. The number of rotatable bonds is 7.